The maximum Gasteiger partial charge on any atom is 0.227 e. The van der Waals surface area contributed by atoms with Gasteiger partial charge in [0.2, 0.25) is 5.91 Å². The minimum Gasteiger partial charge on any atom is -0.493 e. The van der Waals surface area contributed by atoms with E-state index in [1.54, 1.807) is 7.11 Å². The van der Waals surface area contributed by atoms with Gasteiger partial charge in [0, 0.05) is 24.6 Å². The van der Waals surface area contributed by atoms with Gasteiger partial charge >= 0.3 is 0 Å². The van der Waals surface area contributed by atoms with Crippen LogP contribution >= 0.6 is 0 Å². The van der Waals surface area contributed by atoms with E-state index in [1.807, 2.05) is 47.4 Å². The van der Waals surface area contributed by atoms with Crippen LogP contribution in [0.3, 0.4) is 0 Å². The molecule has 1 fully saturated rings. The van der Waals surface area contributed by atoms with Crippen LogP contribution in [0.25, 0.3) is 11.0 Å². The molecule has 6 nitrogen and oxygen atoms in total. The summed E-state index contributed by atoms with van der Waals surface area (Å²) in [6.45, 7) is 5.83. The normalized spacial score (nSPS) is 15.8. The first-order valence-electron chi connectivity index (χ1n) is 11.6. The number of hydrogen-bond donors (Lipinski definition) is 0. The van der Waals surface area contributed by atoms with E-state index in [0.29, 0.717) is 37.6 Å². The summed E-state index contributed by atoms with van der Waals surface area (Å²) in [6.07, 6.45) is 0.448. The number of aromatic nitrogens is 2. The van der Waals surface area contributed by atoms with Crippen molar-refractivity contribution >= 4 is 22.6 Å². The lowest BCUT2D eigenvalue weighted by molar-refractivity contribution is -0.117. The van der Waals surface area contributed by atoms with Crippen molar-refractivity contribution in [2.24, 2.45) is 0 Å². The molecule has 1 amide bonds. The zero-order valence-corrected chi connectivity index (χ0v) is 19.8. The number of anilines is 1. The second-order valence-electron chi connectivity index (χ2n) is 8.81. The molecule has 0 aliphatic carbocycles. The van der Waals surface area contributed by atoms with Crippen LogP contribution in [0.1, 0.15) is 29.3 Å². The summed E-state index contributed by atoms with van der Waals surface area (Å²) in [4.78, 5) is 19.9. The number of rotatable bonds is 7. The number of fused-ring (bicyclic) bond motifs is 1. The Labute approximate surface area is 199 Å². The van der Waals surface area contributed by atoms with Gasteiger partial charge in [-0.15, -0.1) is 0 Å². The van der Waals surface area contributed by atoms with Crippen molar-refractivity contribution in [3.63, 3.8) is 0 Å². The van der Waals surface area contributed by atoms with Crippen LogP contribution in [0.4, 0.5) is 5.69 Å². The molecule has 0 saturated carbocycles. The summed E-state index contributed by atoms with van der Waals surface area (Å²) in [7, 11) is 1.64. The fourth-order valence-electron chi connectivity index (χ4n) is 4.75. The molecule has 0 bridgehead atoms. The van der Waals surface area contributed by atoms with E-state index >= 15 is 0 Å². The third kappa shape index (κ3) is 4.12. The van der Waals surface area contributed by atoms with Gasteiger partial charge in [0.1, 0.15) is 12.4 Å². The molecule has 2 heterocycles. The van der Waals surface area contributed by atoms with E-state index in [-0.39, 0.29) is 11.8 Å². The number of ether oxygens (including phenoxy) is 2. The first-order chi connectivity index (χ1) is 16.5. The van der Waals surface area contributed by atoms with E-state index in [4.69, 9.17) is 14.5 Å². The van der Waals surface area contributed by atoms with Gasteiger partial charge in [0.15, 0.2) is 11.5 Å². The summed E-state index contributed by atoms with van der Waals surface area (Å²) in [5.74, 6) is 2.52. The highest BCUT2D eigenvalue weighted by atomic mass is 16.5. The number of imidazole rings is 1. The van der Waals surface area contributed by atoms with Crippen molar-refractivity contribution in [3.05, 3.63) is 83.7 Å². The van der Waals surface area contributed by atoms with E-state index in [1.165, 1.54) is 0 Å². The molecular formula is C28H29N3O3. The van der Waals surface area contributed by atoms with Gasteiger partial charge in [-0.1, -0.05) is 36.4 Å². The van der Waals surface area contributed by atoms with Crippen molar-refractivity contribution in [3.8, 4) is 11.5 Å². The highest BCUT2D eigenvalue weighted by Gasteiger charge is 2.35. The van der Waals surface area contributed by atoms with E-state index < -0.39 is 0 Å². The smallest absolute Gasteiger partial charge is 0.227 e. The fraction of sp³-hybridized carbons (Fsp3) is 0.286. The minimum absolute atomic E-state index is 0.0195. The van der Waals surface area contributed by atoms with Gasteiger partial charge in [0.25, 0.3) is 0 Å². The fourth-order valence-corrected chi connectivity index (χ4v) is 4.75. The molecular weight excluding hydrogens is 426 g/mol. The van der Waals surface area contributed by atoms with E-state index in [9.17, 15) is 4.79 Å². The van der Waals surface area contributed by atoms with Crippen molar-refractivity contribution < 1.29 is 14.3 Å². The minimum atomic E-state index is 0.0195. The number of nitrogens with zero attached hydrogens (tertiary/aromatic N) is 3. The number of aryl methyl sites for hydroxylation is 2. The quantitative estimate of drug-likeness (QED) is 0.381. The standard InChI is InChI=1S/C28H29N3O3/c1-19-12-13-20(2)24(16-19)31-18-21(17-27(31)32)28-29-22-8-4-5-9-23(22)30(28)14-15-34-26-11-7-6-10-25(26)33-3/h4-13,16,21H,14-15,17-18H2,1-3H3/t21-/m1/s1. The van der Waals surface area contributed by atoms with Gasteiger partial charge in [-0.2, -0.15) is 0 Å². The molecule has 34 heavy (non-hydrogen) atoms. The third-order valence-corrected chi connectivity index (χ3v) is 6.47. The van der Waals surface area contributed by atoms with Crippen LogP contribution in [0, 0.1) is 13.8 Å². The number of carbonyl (C=O) groups is 1. The Morgan fingerprint density at radius 2 is 1.76 bits per heavy atom. The van der Waals surface area contributed by atoms with Crippen LogP contribution < -0.4 is 14.4 Å². The lowest BCUT2D eigenvalue weighted by Gasteiger charge is -2.20. The highest BCUT2D eigenvalue weighted by molar-refractivity contribution is 5.97. The Balaban J connectivity index is 1.42. The van der Waals surface area contributed by atoms with Gasteiger partial charge in [-0.05, 0) is 55.3 Å². The molecule has 6 heteroatoms. The average molecular weight is 456 g/mol. The molecule has 5 rings (SSSR count). The van der Waals surface area contributed by atoms with Crippen LogP contribution in [0.5, 0.6) is 11.5 Å². The molecule has 4 aromatic rings. The molecule has 1 saturated heterocycles. The topological polar surface area (TPSA) is 56.6 Å². The van der Waals surface area contributed by atoms with Crippen molar-refractivity contribution in [2.45, 2.75) is 32.7 Å². The Bertz CT molecular complexity index is 1340. The molecule has 1 aliphatic heterocycles. The number of hydrogen-bond acceptors (Lipinski definition) is 4. The first-order valence-corrected chi connectivity index (χ1v) is 11.6. The predicted octanol–water partition coefficient (Wildman–Crippen LogP) is 5.26. The van der Waals surface area contributed by atoms with Crippen LogP contribution in [-0.4, -0.2) is 35.7 Å². The third-order valence-electron chi connectivity index (χ3n) is 6.47. The molecule has 0 unspecified atom stereocenters. The summed E-state index contributed by atoms with van der Waals surface area (Å²) < 4.78 is 13.7. The second kappa shape index (κ2) is 9.21. The Morgan fingerprint density at radius 1 is 1.00 bits per heavy atom. The van der Waals surface area contributed by atoms with Gasteiger partial charge in [0.05, 0.1) is 24.7 Å². The summed E-state index contributed by atoms with van der Waals surface area (Å²) in [5, 5.41) is 0. The number of amides is 1. The molecule has 0 N–H and O–H groups in total. The molecule has 1 aliphatic rings. The molecule has 0 spiro atoms. The molecule has 3 aromatic carbocycles. The van der Waals surface area contributed by atoms with Crippen molar-refractivity contribution in [1.29, 1.82) is 0 Å². The van der Waals surface area contributed by atoms with Crippen LogP contribution in [0.15, 0.2) is 66.7 Å². The average Bonchev–Trinajstić information content (AvgIpc) is 3.41. The number of methoxy groups -OCH3 is 1. The van der Waals surface area contributed by atoms with Gasteiger partial charge in [-0.25, -0.2) is 4.98 Å². The highest BCUT2D eigenvalue weighted by Crippen LogP contribution is 2.35. The zero-order valence-electron chi connectivity index (χ0n) is 19.8. The van der Waals surface area contributed by atoms with E-state index in [2.05, 4.69) is 42.7 Å². The largest absolute Gasteiger partial charge is 0.493 e. The van der Waals surface area contributed by atoms with Gasteiger partial charge < -0.3 is 18.9 Å². The summed E-state index contributed by atoms with van der Waals surface area (Å²) >= 11 is 0. The lowest BCUT2D eigenvalue weighted by atomic mass is 10.1. The summed E-state index contributed by atoms with van der Waals surface area (Å²) in [6, 6.07) is 22.0. The molecule has 1 atom stereocenters. The van der Waals surface area contributed by atoms with E-state index in [0.717, 1.165) is 33.7 Å². The first kappa shape index (κ1) is 22.0. The van der Waals surface area contributed by atoms with Crippen molar-refractivity contribution in [2.75, 3.05) is 25.2 Å². The monoisotopic (exact) mass is 455 g/mol. The maximum absolute atomic E-state index is 13.1. The predicted molar refractivity (Wildman–Crippen MR) is 134 cm³/mol. The Hall–Kier alpha value is -3.80. The number of carbonyl (C=O) groups excluding carboxylic acids is 1. The second-order valence-corrected chi connectivity index (χ2v) is 8.81. The molecule has 0 radical (unpaired) electrons. The zero-order chi connectivity index (χ0) is 23.7. The van der Waals surface area contributed by atoms with Crippen LogP contribution in [0.2, 0.25) is 0 Å². The SMILES string of the molecule is COc1ccccc1OCCn1c([C@@H]2CC(=O)N(c3cc(C)ccc3C)C2)nc2ccccc21. The summed E-state index contributed by atoms with van der Waals surface area (Å²) in [5.41, 5.74) is 5.25. The van der Waals surface area contributed by atoms with Gasteiger partial charge in [-0.3, -0.25) is 4.79 Å². The van der Waals surface area contributed by atoms with Crippen LogP contribution in [-0.2, 0) is 11.3 Å². The van der Waals surface area contributed by atoms with Crippen molar-refractivity contribution in [1.82, 2.24) is 9.55 Å². The molecule has 174 valence electrons. The Morgan fingerprint density at radius 3 is 2.59 bits per heavy atom. The number of benzene rings is 3. The molecule has 1 aromatic heterocycles. The maximum atomic E-state index is 13.1. The lowest BCUT2D eigenvalue weighted by Crippen LogP contribution is -2.25. The number of para-hydroxylation sites is 4. The Kier molecular flexibility index (Phi) is 5.97.